The molecule has 1 saturated carbocycles. The smallest absolute Gasteiger partial charge is 0.123 e. The van der Waals surface area contributed by atoms with Crippen LogP contribution in [0.25, 0.3) is 0 Å². The first-order valence-corrected chi connectivity index (χ1v) is 6.29. The highest BCUT2D eigenvalue weighted by molar-refractivity contribution is 5.41. The van der Waals surface area contributed by atoms with Gasteiger partial charge in [-0.25, -0.2) is 0 Å². The molecular formula is C14H22N2O. The average Bonchev–Trinajstić information content (AvgIpc) is 3.18. The Bertz CT molecular complexity index is 399. The molecule has 1 atom stereocenters. The first kappa shape index (κ1) is 12.4. The molecule has 0 aliphatic heterocycles. The van der Waals surface area contributed by atoms with Gasteiger partial charge >= 0.3 is 0 Å². The third-order valence-corrected chi connectivity index (χ3v) is 4.00. The maximum atomic E-state index is 6.39. The Morgan fingerprint density at radius 3 is 2.59 bits per heavy atom. The van der Waals surface area contributed by atoms with Gasteiger partial charge < -0.3 is 16.2 Å². The number of rotatable bonds is 5. The van der Waals surface area contributed by atoms with Crippen LogP contribution in [0.3, 0.4) is 0 Å². The standard InChI is InChI=1S/C14H22N2O/c1-3-10-4-5-12(17-2)11(8-10)13(16)14(9-15)6-7-14/h4-5,8,13H,3,6-7,9,15-16H2,1-2H3. The highest BCUT2D eigenvalue weighted by atomic mass is 16.5. The molecule has 4 N–H and O–H groups in total. The van der Waals surface area contributed by atoms with E-state index in [1.54, 1.807) is 7.11 Å². The molecule has 3 nitrogen and oxygen atoms in total. The lowest BCUT2D eigenvalue weighted by Crippen LogP contribution is -2.30. The molecule has 2 rings (SSSR count). The van der Waals surface area contributed by atoms with E-state index >= 15 is 0 Å². The van der Waals surface area contributed by atoms with E-state index in [9.17, 15) is 0 Å². The van der Waals surface area contributed by atoms with Crippen LogP contribution in [-0.2, 0) is 6.42 Å². The van der Waals surface area contributed by atoms with Gasteiger partial charge in [0.2, 0.25) is 0 Å². The van der Waals surface area contributed by atoms with E-state index in [2.05, 4.69) is 19.1 Å². The third-order valence-electron chi connectivity index (χ3n) is 4.00. The van der Waals surface area contributed by atoms with Crippen molar-refractivity contribution < 1.29 is 4.74 Å². The Kier molecular flexibility index (Phi) is 3.40. The lowest BCUT2D eigenvalue weighted by atomic mass is 9.89. The van der Waals surface area contributed by atoms with Gasteiger partial charge in [0, 0.05) is 17.0 Å². The summed E-state index contributed by atoms with van der Waals surface area (Å²) in [6, 6.07) is 6.27. The summed E-state index contributed by atoms with van der Waals surface area (Å²) in [6.07, 6.45) is 3.27. The SMILES string of the molecule is CCc1ccc(OC)c(C(N)C2(CN)CC2)c1. The second-order valence-electron chi connectivity index (χ2n) is 4.97. The quantitative estimate of drug-likeness (QED) is 0.819. The van der Waals surface area contributed by atoms with E-state index in [1.165, 1.54) is 5.56 Å². The van der Waals surface area contributed by atoms with Crippen molar-refractivity contribution in [2.75, 3.05) is 13.7 Å². The molecule has 1 aromatic carbocycles. The van der Waals surface area contributed by atoms with Crippen molar-refractivity contribution in [3.8, 4) is 5.75 Å². The number of hydrogen-bond acceptors (Lipinski definition) is 3. The fourth-order valence-electron chi connectivity index (χ4n) is 2.38. The Hall–Kier alpha value is -1.06. The molecule has 0 amide bonds. The van der Waals surface area contributed by atoms with E-state index < -0.39 is 0 Å². The van der Waals surface area contributed by atoms with E-state index in [0.29, 0.717) is 6.54 Å². The van der Waals surface area contributed by atoms with E-state index in [4.69, 9.17) is 16.2 Å². The first-order chi connectivity index (χ1) is 8.16. The second kappa shape index (κ2) is 4.67. The van der Waals surface area contributed by atoms with Crippen molar-refractivity contribution in [3.05, 3.63) is 29.3 Å². The van der Waals surface area contributed by atoms with Crippen LogP contribution in [0.2, 0.25) is 0 Å². The first-order valence-electron chi connectivity index (χ1n) is 6.29. The highest BCUT2D eigenvalue weighted by Gasteiger charge is 2.47. The Labute approximate surface area is 103 Å². The van der Waals surface area contributed by atoms with E-state index in [0.717, 1.165) is 30.6 Å². The monoisotopic (exact) mass is 234 g/mol. The molecule has 0 spiro atoms. The minimum atomic E-state index is -0.00560. The molecule has 3 heteroatoms. The molecule has 0 saturated heterocycles. The summed E-state index contributed by atoms with van der Waals surface area (Å²) in [5.41, 5.74) is 14.7. The van der Waals surface area contributed by atoms with Crippen LogP contribution in [-0.4, -0.2) is 13.7 Å². The number of benzene rings is 1. The summed E-state index contributed by atoms with van der Waals surface area (Å²) in [4.78, 5) is 0. The molecule has 1 aliphatic rings. The highest BCUT2D eigenvalue weighted by Crippen LogP contribution is 2.54. The summed E-state index contributed by atoms with van der Waals surface area (Å²) in [5.74, 6) is 0.884. The summed E-state index contributed by atoms with van der Waals surface area (Å²) in [7, 11) is 1.69. The maximum Gasteiger partial charge on any atom is 0.123 e. The predicted molar refractivity (Wildman–Crippen MR) is 70.0 cm³/mol. The van der Waals surface area contributed by atoms with Crippen molar-refractivity contribution in [1.82, 2.24) is 0 Å². The molecule has 0 aromatic heterocycles. The van der Waals surface area contributed by atoms with Crippen molar-refractivity contribution in [1.29, 1.82) is 0 Å². The normalized spacial score (nSPS) is 18.8. The minimum absolute atomic E-state index is 0.00560. The zero-order valence-electron chi connectivity index (χ0n) is 10.7. The lowest BCUT2D eigenvalue weighted by Gasteiger charge is -2.24. The molecular weight excluding hydrogens is 212 g/mol. The van der Waals surface area contributed by atoms with Crippen LogP contribution in [0.5, 0.6) is 5.75 Å². The summed E-state index contributed by atoms with van der Waals surface area (Å²) in [6.45, 7) is 2.81. The Balaban J connectivity index is 2.35. The van der Waals surface area contributed by atoms with E-state index in [1.807, 2.05) is 6.07 Å². The van der Waals surface area contributed by atoms with Crippen molar-refractivity contribution in [2.45, 2.75) is 32.2 Å². The largest absolute Gasteiger partial charge is 0.496 e. The third kappa shape index (κ3) is 2.17. The van der Waals surface area contributed by atoms with Crippen LogP contribution in [0.4, 0.5) is 0 Å². The molecule has 1 aliphatic carbocycles. The van der Waals surface area contributed by atoms with E-state index in [-0.39, 0.29) is 11.5 Å². The van der Waals surface area contributed by atoms with Crippen molar-refractivity contribution in [2.24, 2.45) is 16.9 Å². The summed E-state index contributed by atoms with van der Waals surface area (Å²) >= 11 is 0. The molecule has 0 bridgehead atoms. The van der Waals surface area contributed by atoms with Gasteiger partial charge in [-0.15, -0.1) is 0 Å². The molecule has 0 heterocycles. The van der Waals surface area contributed by atoms with Gasteiger partial charge in [-0.05, 0) is 37.4 Å². The number of hydrogen-bond donors (Lipinski definition) is 2. The van der Waals surface area contributed by atoms with Gasteiger partial charge in [-0.3, -0.25) is 0 Å². The van der Waals surface area contributed by atoms with Gasteiger partial charge in [0.15, 0.2) is 0 Å². The molecule has 17 heavy (non-hydrogen) atoms. The van der Waals surface area contributed by atoms with Crippen LogP contribution >= 0.6 is 0 Å². The van der Waals surface area contributed by atoms with Crippen LogP contribution < -0.4 is 16.2 Å². The van der Waals surface area contributed by atoms with Crippen LogP contribution in [0.1, 0.15) is 36.9 Å². The topological polar surface area (TPSA) is 61.3 Å². The maximum absolute atomic E-state index is 6.39. The fraction of sp³-hybridized carbons (Fsp3) is 0.571. The van der Waals surface area contributed by atoms with Gasteiger partial charge in [-0.1, -0.05) is 19.1 Å². The lowest BCUT2D eigenvalue weighted by molar-refractivity contribution is 0.375. The number of ether oxygens (including phenoxy) is 1. The Morgan fingerprint density at radius 1 is 1.41 bits per heavy atom. The molecule has 1 fully saturated rings. The van der Waals surface area contributed by atoms with Gasteiger partial charge in [0.25, 0.3) is 0 Å². The fourth-order valence-corrected chi connectivity index (χ4v) is 2.38. The van der Waals surface area contributed by atoms with Crippen molar-refractivity contribution >= 4 is 0 Å². The number of nitrogens with two attached hydrogens (primary N) is 2. The molecule has 1 unspecified atom stereocenters. The predicted octanol–water partition coefficient (Wildman–Crippen LogP) is 2.00. The second-order valence-corrected chi connectivity index (χ2v) is 4.97. The zero-order chi connectivity index (χ0) is 12.5. The van der Waals surface area contributed by atoms with Crippen LogP contribution in [0.15, 0.2) is 18.2 Å². The van der Waals surface area contributed by atoms with Gasteiger partial charge in [0.1, 0.15) is 5.75 Å². The number of aryl methyl sites for hydroxylation is 1. The van der Waals surface area contributed by atoms with Gasteiger partial charge in [0.05, 0.1) is 7.11 Å². The number of methoxy groups -OCH3 is 1. The zero-order valence-corrected chi connectivity index (χ0v) is 10.7. The Morgan fingerprint density at radius 2 is 2.12 bits per heavy atom. The molecule has 0 radical (unpaired) electrons. The summed E-state index contributed by atoms with van der Waals surface area (Å²) < 4.78 is 5.41. The van der Waals surface area contributed by atoms with Crippen molar-refractivity contribution in [3.63, 3.8) is 0 Å². The average molecular weight is 234 g/mol. The minimum Gasteiger partial charge on any atom is -0.496 e. The molecule has 1 aromatic rings. The molecule has 94 valence electrons. The van der Waals surface area contributed by atoms with Gasteiger partial charge in [-0.2, -0.15) is 0 Å². The van der Waals surface area contributed by atoms with Crippen LogP contribution in [0, 0.1) is 5.41 Å². The summed E-state index contributed by atoms with van der Waals surface area (Å²) in [5, 5.41) is 0.